The molecule has 2 saturated heterocycles. The number of hydrogen-bond acceptors (Lipinski definition) is 6. The molecule has 2 N–H and O–H groups in total. The van der Waals surface area contributed by atoms with Crippen LogP contribution >= 0.6 is 0 Å². The second-order valence-electron chi connectivity index (χ2n) is 6.52. The molecule has 0 amide bonds. The Balaban J connectivity index is 1.41. The molecule has 6 nitrogen and oxygen atoms in total. The van der Waals surface area contributed by atoms with Gasteiger partial charge in [-0.3, -0.25) is 0 Å². The highest BCUT2D eigenvalue weighted by Crippen LogP contribution is 2.12. The van der Waals surface area contributed by atoms with Crippen molar-refractivity contribution >= 4 is 19.7 Å². The molecule has 2 aliphatic rings. The van der Waals surface area contributed by atoms with Crippen molar-refractivity contribution in [1.29, 1.82) is 0 Å². The van der Waals surface area contributed by atoms with E-state index >= 15 is 0 Å². The second-order valence-corrected chi connectivity index (χ2v) is 11.0. The van der Waals surface area contributed by atoms with E-state index in [2.05, 4.69) is 10.6 Å². The molecule has 2 aliphatic heterocycles. The molecule has 0 aromatic rings. The summed E-state index contributed by atoms with van der Waals surface area (Å²) in [6.07, 6.45) is 5.87. The van der Waals surface area contributed by atoms with Gasteiger partial charge in [-0.2, -0.15) is 0 Å². The van der Waals surface area contributed by atoms with Crippen molar-refractivity contribution in [1.82, 2.24) is 10.6 Å². The topological polar surface area (TPSA) is 92.3 Å². The van der Waals surface area contributed by atoms with Crippen molar-refractivity contribution in [2.24, 2.45) is 0 Å². The first kappa shape index (κ1) is 18.2. The number of nitrogens with one attached hydrogen (secondary N) is 2. The molecule has 2 rings (SSSR count). The molecular weight excluding hydrogens is 324 g/mol. The van der Waals surface area contributed by atoms with E-state index in [-0.39, 0.29) is 12.1 Å². The van der Waals surface area contributed by atoms with Crippen LogP contribution in [0.4, 0.5) is 0 Å². The highest BCUT2D eigenvalue weighted by molar-refractivity contribution is 7.91. The maximum Gasteiger partial charge on any atom is 0.151 e. The highest BCUT2D eigenvalue weighted by atomic mass is 32.2. The molecule has 0 radical (unpaired) electrons. The van der Waals surface area contributed by atoms with Gasteiger partial charge in [0.25, 0.3) is 0 Å². The zero-order valence-electron chi connectivity index (χ0n) is 13.1. The minimum atomic E-state index is -2.78. The van der Waals surface area contributed by atoms with Crippen LogP contribution in [0, 0.1) is 0 Å². The van der Waals surface area contributed by atoms with E-state index in [4.69, 9.17) is 0 Å². The third-order valence-corrected chi connectivity index (χ3v) is 7.97. The van der Waals surface area contributed by atoms with Crippen molar-refractivity contribution in [3.8, 4) is 0 Å². The Bertz CT molecular complexity index is 495. The van der Waals surface area contributed by atoms with Crippen LogP contribution in [0.1, 0.15) is 38.5 Å². The average molecular weight is 353 g/mol. The van der Waals surface area contributed by atoms with E-state index in [1.165, 1.54) is 0 Å². The molecule has 8 heteroatoms. The van der Waals surface area contributed by atoms with Crippen LogP contribution in [0.15, 0.2) is 0 Å². The Morgan fingerprint density at radius 1 is 0.682 bits per heavy atom. The van der Waals surface area contributed by atoms with Crippen LogP contribution in [0.2, 0.25) is 0 Å². The fourth-order valence-electron chi connectivity index (χ4n) is 3.13. The number of unbranched alkanes of at least 4 members (excludes halogenated alkanes) is 3. The monoisotopic (exact) mass is 352 g/mol. The zero-order valence-corrected chi connectivity index (χ0v) is 14.7. The van der Waals surface area contributed by atoms with E-state index in [1.54, 1.807) is 0 Å². The summed E-state index contributed by atoms with van der Waals surface area (Å²) in [4.78, 5) is 0. The molecule has 130 valence electrons. The summed E-state index contributed by atoms with van der Waals surface area (Å²) in [5.41, 5.74) is 0. The molecule has 0 bridgehead atoms. The van der Waals surface area contributed by atoms with E-state index in [1.807, 2.05) is 0 Å². The lowest BCUT2D eigenvalue weighted by Crippen LogP contribution is -2.31. The van der Waals surface area contributed by atoms with Crippen LogP contribution in [-0.4, -0.2) is 65.0 Å². The molecule has 0 aromatic carbocycles. The standard InChI is InChI=1S/C14H28N2O4S2/c17-21(18)9-5-13(11-21)15-7-3-1-2-4-8-16-14-6-10-22(19,20)12-14/h13-16H,1-12H2/t13-,14-/m1/s1. The zero-order chi connectivity index (χ0) is 16.1. The second kappa shape index (κ2) is 8.08. The molecule has 22 heavy (non-hydrogen) atoms. The molecule has 0 saturated carbocycles. The predicted octanol–water partition coefficient (Wildman–Crippen LogP) is 0.100. The minimum Gasteiger partial charge on any atom is -0.313 e. The van der Waals surface area contributed by atoms with E-state index in [0.29, 0.717) is 23.0 Å². The molecule has 0 aliphatic carbocycles. The Morgan fingerprint density at radius 2 is 1.09 bits per heavy atom. The van der Waals surface area contributed by atoms with Gasteiger partial charge in [0.1, 0.15) is 0 Å². The predicted molar refractivity (Wildman–Crippen MR) is 88.6 cm³/mol. The summed E-state index contributed by atoms with van der Waals surface area (Å²) in [5, 5.41) is 6.64. The maximum absolute atomic E-state index is 11.3. The first-order valence-corrected chi connectivity index (χ1v) is 11.9. The smallest absolute Gasteiger partial charge is 0.151 e. The lowest BCUT2D eigenvalue weighted by molar-refractivity contribution is 0.500. The Kier molecular flexibility index (Phi) is 6.67. The summed E-state index contributed by atoms with van der Waals surface area (Å²) in [6.45, 7) is 1.77. The van der Waals surface area contributed by atoms with Crippen LogP contribution in [0.5, 0.6) is 0 Å². The van der Waals surface area contributed by atoms with Crippen molar-refractivity contribution in [3.05, 3.63) is 0 Å². The van der Waals surface area contributed by atoms with Gasteiger partial charge in [0.2, 0.25) is 0 Å². The van der Waals surface area contributed by atoms with Gasteiger partial charge in [0.15, 0.2) is 19.7 Å². The fraction of sp³-hybridized carbons (Fsp3) is 1.00. The summed E-state index contributed by atoms with van der Waals surface area (Å²) in [5.74, 6) is 1.24. The SMILES string of the molecule is O=S1(=O)CC[C@@H](NCCCCCCN[C@@H]2CCS(=O)(=O)C2)C1. The molecular formula is C14H28N2O4S2. The van der Waals surface area contributed by atoms with Gasteiger partial charge in [-0.1, -0.05) is 12.8 Å². The van der Waals surface area contributed by atoms with Gasteiger partial charge in [-0.15, -0.1) is 0 Å². The van der Waals surface area contributed by atoms with E-state index < -0.39 is 19.7 Å². The molecule has 2 atom stereocenters. The molecule has 2 heterocycles. The normalized spacial score (nSPS) is 29.8. The van der Waals surface area contributed by atoms with E-state index in [9.17, 15) is 16.8 Å². The van der Waals surface area contributed by atoms with Crippen LogP contribution in [-0.2, 0) is 19.7 Å². The van der Waals surface area contributed by atoms with Crippen molar-refractivity contribution in [2.45, 2.75) is 50.6 Å². The first-order chi connectivity index (χ1) is 10.4. The third-order valence-electron chi connectivity index (χ3n) is 4.43. The van der Waals surface area contributed by atoms with Gasteiger partial charge in [-0.25, -0.2) is 16.8 Å². The summed E-state index contributed by atoms with van der Waals surface area (Å²) in [7, 11) is -5.56. The Hall–Kier alpha value is -0.180. The first-order valence-electron chi connectivity index (χ1n) is 8.24. The maximum atomic E-state index is 11.3. The summed E-state index contributed by atoms with van der Waals surface area (Å²) in [6, 6.07) is 0.298. The lowest BCUT2D eigenvalue weighted by atomic mass is 10.1. The average Bonchev–Trinajstić information content (AvgIpc) is 2.95. The van der Waals surface area contributed by atoms with Gasteiger partial charge in [-0.05, 0) is 38.8 Å². The van der Waals surface area contributed by atoms with Crippen molar-refractivity contribution in [3.63, 3.8) is 0 Å². The Labute approximate surface area is 134 Å². The van der Waals surface area contributed by atoms with Crippen LogP contribution < -0.4 is 10.6 Å². The van der Waals surface area contributed by atoms with Gasteiger partial charge >= 0.3 is 0 Å². The fourth-order valence-corrected chi connectivity index (χ4v) is 6.54. The highest BCUT2D eigenvalue weighted by Gasteiger charge is 2.27. The largest absolute Gasteiger partial charge is 0.313 e. The number of rotatable bonds is 9. The molecule has 0 aromatic heterocycles. The van der Waals surface area contributed by atoms with E-state index in [0.717, 1.165) is 51.6 Å². The van der Waals surface area contributed by atoms with Gasteiger partial charge < -0.3 is 10.6 Å². The quantitative estimate of drug-likeness (QED) is 0.572. The third kappa shape index (κ3) is 6.52. The summed E-state index contributed by atoms with van der Waals surface area (Å²) >= 11 is 0. The van der Waals surface area contributed by atoms with Crippen molar-refractivity contribution < 1.29 is 16.8 Å². The van der Waals surface area contributed by atoms with Gasteiger partial charge in [0, 0.05) is 12.1 Å². The van der Waals surface area contributed by atoms with Crippen LogP contribution in [0.25, 0.3) is 0 Å². The van der Waals surface area contributed by atoms with Crippen molar-refractivity contribution in [2.75, 3.05) is 36.1 Å². The number of hydrogen-bond donors (Lipinski definition) is 2. The summed E-state index contributed by atoms with van der Waals surface area (Å²) < 4.78 is 45.3. The minimum absolute atomic E-state index is 0.149. The molecule has 2 fully saturated rings. The molecule has 0 unspecified atom stereocenters. The number of sulfone groups is 2. The molecule has 0 spiro atoms. The lowest BCUT2D eigenvalue weighted by Gasteiger charge is -2.11. The Morgan fingerprint density at radius 3 is 1.41 bits per heavy atom. The van der Waals surface area contributed by atoms with Crippen LogP contribution in [0.3, 0.4) is 0 Å². The van der Waals surface area contributed by atoms with Gasteiger partial charge in [0.05, 0.1) is 23.0 Å².